The molecule has 2 heterocycles. The Bertz CT molecular complexity index is 650. The van der Waals surface area contributed by atoms with Gasteiger partial charge in [-0.25, -0.2) is 4.98 Å². The zero-order valence-electron chi connectivity index (χ0n) is 12.5. The Balaban J connectivity index is 1.49. The van der Waals surface area contributed by atoms with E-state index in [0.29, 0.717) is 22.9 Å². The third-order valence-corrected chi connectivity index (χ3v) is 5.14. The number of hydrogen-bond acceptors (Lipinski definition) is 4. The van der Waals surface area contributed by atoms with E-state index in [1.165, 1.54) is 0 Å². The number of piperazine rings is 1. The molecular weight excluding hydrogens is 353 g/mol. The second-order valence-corrected chi connectivity index (χ2v) is 7.21. The molecule has 2 aromatic rings. The molecule has 0 bridgehead atoms. The van der Waals surface area contributed by atoms with E-state index in [0.717, 1.165) is 36.9 Å². The van der Waals surface area contributed by atoms with Crippen LogP contribution in [0.1, 0.15) is 12.0 Å². The Hall–Kier alpha value is -1.30. The quantitative estimate of drug-likeness (QED) is 0.823. The number of aromatic nitrogens is 1. The van der Waals surface area contributed by atoms with E-state index in [2.05, 4.69) is 9.88 Å². The summed E-state index contributed by atoms with van der Waals surface area (Å²) in [5, 5.41) is 4.22. The first-order valence-electron chi connectivity index (χ1n) is 7.49. The van der Waals surface area contributed by atoms with E-state index in [9.17, 15) is 4.79 Å². The minimum atomic E-state index is 0.180. The zero-order chi connectivity index (χ0) is 16.2. The number of nitrogens with zero attached hydrogens (tertiary/aromatic N) is 3. The van der Waals surface area contributed by atoms with Crippen molar-refractivity contribution in [2.75, 3.05) is 31.1 Å². The van der Waals surface area contributed by atoms with E-state index in [4.69, 9.17) is 23.2 Å². The van der Waals surface area contributed by atoms with Crippen molar-refractivity contribution in [3.05, 3.63) is 45.4 Å². The summed E-state index contributed by atoms with van der Waals surface area (Å²) in [6.07, 6.45) is 2.95. The summed E-state index contributed by atoms with van der Waals surface area (Å²) in [6.45, 7) is 3.16. The number of thiazole rings is 1. The minimum Gasteiger partial charge on any atom is -0.345 e. The zero-order valence-corrected chi connectivity index (χ0v) is 14.9. The van der Waals surface area contributed by atoms with Crippen LogP contribution in [0.5, 0.6) is 0 Å². The summed E-state index contributed by atoms with van der Waals surface area (Å²) >= 11 is 13.6. The molecule has 1 aromatic carbocycles. The summed E-state index contributed by atoms with van der Waals surface area (Å²) in [4.78, 5) is 20.8. The lowest BCUT2D eigenvalue weighted by Crippen LogP contribution is -2.48. The van der Waals surface area contributed by atoms with Gasteiger partial charge in [-0.3, -0.25) is 4.79 Å². The molecule has 7 heteroatoms. The van der Waals surface area contributed by atoms with Crippen LogP contribution in [0.25, 0.3) is 0 Å². The highest BCUT2D eigenvalue weighted by Crippen LogP contribution is 2.21. The van der Waals surface area contributed by atoms with Crippen molar-refractivity contribution in [1.82, 2.24) is 9.88 Å². The van der Waals surface area contributed by atoms with Crippen molar-refractivity contribution in [3.63, 3.8) is 0 Å². The molecule has 1 aromatic heterocycles. The second-order valence-electron chi connectivity index (χ2n) is 5.46. The average molecular weight is 370 g/mol. The number of rotatable bonds is 4. The van der Waals surface area contributed by atoms with Crippen molar-refractivity contribution in [1.29, 1.82) is 0 Å². The molecule has 0 spiro atoms. The molecule has 0 N–H and O–H groups in total. The highest BCUT2D eigenvalue weighted by molar-refractivity contribution is 7.13. The lowest BCUT2D eigenvalue weighted by molar-refractivity contribution is -0.131. The van der Waals surface area contributed by atoms with Crippen molar-refractivity contribution >= 4 is 45.6 Å². The van der Waals surface area contributed by atoms with Gasteiger partial charge in [0.05, 0.1) is 0 Å². The summed E-state index contributed by atoms with van der Waals surface area (Å²) in [7, 11) is 0. The maximum atomic E-state index is 12.4. The van der Waals surface area contributed by atoms with Gasteiger partial charge < -0.3 is 9.80 Å². The molecule has 4 nitrogen and oxygen atoms in total. The molecule has 0 unspecified atom stereocenters. The maximum absolute atomic E-state index is 12.4. The molecule has 0 saturated carbocycles. The molecule has 1 fully saturated rings. The fraction of sp³-hybridized carbons (Fsp3) is 0.375. The second kappa shape index (κ2) is 7.51. The Morgan fingerprint density at radius 2 is 1.83 bits per heavy atom. The molecule has 0 atom stereocenters. The average Bonchev–Trinajstić information content (AvgIpc) is 3.06. The van der Waals surface area contributed by atoms with Gasteiger partial charge in [0.2, 0.25) is 5.91 Å². The van der Waals surface area contributed by atoms with Gasteiger partial charge in [0.25, 0.3) is 0 Å². The molecule has 23 heavy (non-hydrogen) atoms. The van der Waals surface area contributed by atoms with Gasteiger partial charge in [-0.05, 0) is 30.2 Å². The fourth-order valence-electron chi connectivity index (χ4n) is 2.68. The number of carbonyl (C=O) groups is 1. The van der Waals surface area contributed by atoms with Gasteiger partial charge in [0.1, 0.15) is 0 Å². The summed E-state index contributed by atoms with van der Waals surface area (Å²) in [6, 6.07) is 5.43. The lowest BCUT2D eigenvalue weighted by Gasteiger charge is -2.34. The third-order valence-electron chi connectivity index (χ3n) is 3.87. The first-order chi connectivity index (χ1) is 11.1. The van der Waals surface area contributed by atoms with Gasteiger partial charge >= 0.3 is 0 Å². The number of hydrogen-bond donors (Lipinski definition) is 0. The van der Waals surface area contributed by atoms with Crippen LogP contribution in [-0.4, -0.2) is 42.0 Å². The number of carbonyl (C=O) groups excluding carboxylic acids is 1. The molecule has 0 radical (unpaired) electrons. The standard InChI is InChI=1S/C16H17Cl2N3OS/c17-13-9-12(10-14(18)11-13)1-2-15(22)20-4-6-21(7-5-20)16-19-3-8-23-16/h3,8-11H,1-2,4-7H2. The largest absolute Gasteiger partial charge is 0.345 e. The lowest BCUT2D eigenvalue weighted by atomic mass is 10.1. The van der Waals surface area contributed by atoms with Crippen molar-refractivity contribution < 1.29 is 4.79 Å². The highest BCUT2D eigenvalue weighted by Gasteiger charge is 2.22. The molecule has 1 aliphatic heterocycles. The monoisotopic (exact) mass is 369 g/mol. The van der Waals surface area contributed by atoms with Crippen LogP contribution in [0.2, 0.25) is 10.0 Å². The van der Waals surface area contributed by atoms with Crippen LogP contribution < -0.4 is 4.90 Å². The number of benzene rings is 1. The molecular formula is C16H17Cl2N3OS. The van der Waals surface area contributed by atoms with Gasteiger partial charge in [-0.15, -0.1) is 11.3 Å². The Morgan fingerprint density at radius 3 is 2.43 bits per heavy atom. The van der Waals surface area contributed by atoms with Gasteiger partial charge in [0, 0.05) is 54.2 Å². The number of amides is 1. The van der Waals surface area contributed by atoms with Gasteiger partial charge in [0.15, 0.2) is 5.13 Å². The molecule has 3 rings (SSSR count). The first-order valence-corrected chi connectivity index (χ1v) is 9.12. The molecule has 122 valence electrons. The SMILES string of the molecule is O=C(CCc1cc(Cl)cc(Cl)c1)N1CCN(c2nccs2)CC1. The number of halogens is 2. The van der Waals surface area contributed by atoms with Gasteiger partial charge in [-0.2, -0.15) is 0 Å². The molecule has 0 aliphatic carbocycles. The maximum Gasteiger partial charge on any atom is 0.223 e. The molecule has 1 amide bonds. The Kier molecular flexibility index (Phi) is 5.41. The van der Waals surface area contributed by atoms with E-state index >= 15 is 0 Å². The van der Waals surface area contributed by atoms with E-state index < -0.39 is 0 Å². The van der Waals surface area contributed by atoms with E-state index in [1.807, 2.05) is 28.6 Å². The molecule has 1 aliphatic rings. The Morgan fingerprint density at radius 1 is 1.13 bits per heavy atom. The van der Waals surface area contributed by atoms with Crippen molar-refractivity contribution in [3.8, 4) is 0 Å². The summed E-state index contributed by atoms with van der Waals surface area (Å²) in [5.74, 6) is 0.180. The van der Waals surface area contributed by atoms with Crippen LogP contribution in [0.4, 0.5) is 5.13 Å². The van der Waals surface area contributed by atoms with Crippen LogP contribution in [0, 0.1) is 0 Å². The van der Waals surface area contributed by atoms with Crippen molar-refractivity contribution in [2.24, 2.45) is 0 Å². The summed E-state index contributed by atoms with van der Waals surface area (Å²) < 4.78 is 0. The predicted molar refractivity (Wildman–Crippen MR) is 95.7 cm³/mol. The van der Waals surface area contributed by atoms with Crippen LogP contribution in [0.3, 0.4) is 0 Å². The highest BCUT2D eigenvalue weighted by atomic mass is 35.5. The summed E-state index contributed by atoms with van der Waals surface area (Å²) in [5.41, 5.74) is 0.997. The predicted octanol–water partition coefficient (Wildman–Crippen LogP) is 3.73. The normalized spacial score (nSPS) is 15.0. The van der Waals surface area contributed by atoms with Crippen LogP contribution >= 0.6 is 34.5 Å². The fourth-order valence-corrected chi connectivity index (χ4v) is 3.95. The van der Waals surface area contributed by atoms with E-state index in [-0.39, 0.29) is 5.91 Å². The third kappa shape index (κ3) is 4.37. The Labute approximate surface area is 149 Å². The van der Waals surface area contributed by atoms with Crippen molar-refractivity contribution in [2.45, 2.75) is 12.8 Å². The topological polar surface area (TPSA) is 36.4 Å². The number of anilines is 1. The first kappa shape index (κ1) is 16.6. The minimum absolute atomic E-state index is 0.180. The van der Waals surface area contributed by atoms with Gasteiger partial charge in [-0.1, -0.05) is 23.2 Å². The van der Waals surface area contributed by atoms with E-state index in [1.54, 1.807) is 17.4 Å². The smallest absolute Gasteiger partial charge is 0.223 e. The van der Waals surface area contributed by atoms with Crippen LogP contribution in [0.15, 0.2) is 29.8 Å². The molecule has 1 saturated heterocycles. The number of aryl methyl sites for hydroxylation is 1. The van der Waals surface area contributed by atoms with Crippen LogP contribution in [-0.2, 0) is 11.2 Å².